The first-order chi connectivity index (χ1) is 10.7. The molecule has 0 atom stereocenters. The molecule has 2 aromatic rings. The Bertz CT molecular complexity index is 750. The Kier molecular flexibility index (Phi) is 3.92. The topological polar surface area (TPSA) is 47.9 Å². The second-order valence-electron chi connectivity index (χ2n) is 5.11. The number of rotatable bonds is 3. The van der Waals surface area contributed by atoms with Crippen molar-refractivity contribution in [3.8, 4) is 11.1 Å². The lowest BCUT2D eigenvalue weighted by molar-refractivity contribution is 0.0601. The van der Waals surface area contributed by atoms with Gasteiger partial charge in [-0.15, -0.1) is 0 Å². The number of hydrogen-bond acceptors (Lipinski definition) is 4. The number of methoxy groups -OCH3 is 1. The Morgan fingerprint density at radius 1 is 1.23 bits per heavy atom. The van der Waals surface area contributed by atoms with Crippen molar-refractivity contribution in [2.24, 2.45) is 4.99 Å². The number of benzene rings is 2. The van der Waals surface area contributed by atoms with E-state index in [1.165, 1.54) is 7.11 Å². The molecular weight excluding hydrogens is 278 g/mol. The van der Waals surface area contributed by atoms with Gasteiger partial charge in [0.25, 0.3) is 0 Å². The van der Waals surface area contributed by atoms with Gasteiger partial charge in [-0.25, -0.2) is 9.79 Å². The van der Waals surface area contributed by atoms with Crippen LogP contribution in [0.5, 0.6) is 0 Å². The van der Waals surface area contributed by atoms with Crippen LogP contribution in [0, 0.1) is 6.92 Å². The molecule has 0 saturated carbocycles. The van der Waals surface area contributed by atoms with E-state index in [0.29, 0.717) is 24.6 Å². The van der Waals surface area contributed by atoms with Gasteiger partial charge in [0.15, 0.2) is 0 Å². The average molecular weight is 295 g/mol. The summed E-state index contributed by atoms with van der Waals surface area (Å²) >= 11 is 0. The smallest absolute Gasteiger partial charge is 0.337 e. The molecule has 0 spiro atoms. The van der Waals surface area contributed by atoms with Gasteiger partial charge in [0, 0.05) is 5.56 Å². The van der Waals surface area contributed by atoms with Gasteiger partial charge in [-0.1, -0.05) is 30.3 Å². The Morgan fingerprint density at radius 3 is 2.77 bits per heavy atom. The van der Waals surface area contributed by atoms with Crippen molar-refractivity contribution in [1.29, 1.82) is 0 Å². The third kappa shape index (κ3) is 2.60. The lowest BCUT2D eigenvalue weighted by Crippen LogP contribution is -2.06. The monoisotopic (exact) mass is 295 g/mol. The SMILES string of the molecule is COC(=O)c1cccc(-c2cccc(C)c2C2=NCCO2)c1. The molecule has 22 heavy (non-hydrogen) atoms. The van der Waals surface area contributed by atoms with E-state index in [2.05, 4.69) is 4.99 Å². The molecule has 1 heterocycles. The highest BCUT2D eigenvalue weighted by molar-refractivity contribution is 6.03. The van der Waals surface area contributed by atoms with E-state index >= 15 is 0 Å². The molecule has 0 radical (unpaired) electrons. The fourth-order valence-corrected chi connectivity index (χ4v) is 2.61. The molecule has 112 valence electrons. The van der Waals surface area contributed by atoms with Crippen LogP contribution in [-0.2, 0) is 9.47 Å². The number of ether oxygens (including phenoxy) is 2. The van der Waals surface area contributed by atoms with Crippen LogP contribution in [0.15, 0.2) is 47.5 Å². The minimum Gasteiger partial charge on any atom is -0.475 e. The van der Waals surface area contributed by atoms with Crippen molar-refractivity contribution in [1.82, 2.24) is 0 Å². The van der Waals surface area contributed by atoms with Gasteiger partial charge in [0.1, 0.15) is 6.61 Å². The summed E-state index contributed by atoms with van der Waals surface area (Å²) in [7, 11) is 1.38. The molecular formula is C18H17NO3. The molecule has 0 bridgehead atoms. The van der Waals surface area contributed by atoms with Gasteiger partial charge in [0.05, 0.1) is 19.2 Å². The first-order valence-corrected chi connectivity index (χ1v) is 7.16. The lowest BCUT2D eigenvalue weighted by atomic mass is 9.94. The molecule has 0 amide bonds. The number of hydrogen-bond donors (Lipinski definition) is 0. The van der Waals surface area contributed by atoms with Crippen molar-refractivity contribution in [2.45, 2.75) is 6.92 Å². The summed E-state index contributed by atoms with van der Waals surface area (Å²) in [5, 5.41) is 0. The summed E-state index contributed by atoms with van der Waals surface area (Å²) in [5.41, 5.74) is 4.57. The maximum absolute atomic E-state index is 11.7. The number of aryl methyl sites for hydroxylation is 1. The van der Waals surface area contributed by atoms with Gasteiger partial charge >= 0.3 is 5.97 Å². The standard InChI is InChI=1S/C18H17NO3/c1-12-5-3-8-15(16(12)17-19-9-10-22-17)13-6-4-7-14(11-13)18(20)21-2/h3-8,11H,9-10H2,1-2H3. The minimum atomic E-state index is -0.342. The normalized spacial score (nSPS) is 13.5. The van der Waals surface area contributed by atoms with Gasteiger partial charge in [0.2, 0.25) is 5.90 Å². The second kappa shape index (κ2) is 6.02. The molecule has 2 aromatic carbocycles. The van der Waals surface area contributed by atoms with Crippen molar-refractivity contribution >= 4 is 11.9 Å². The Morgan fingerprint density at radius 2 is 2.05 bits per heavy atom. The van der Waals surface area contributed by atoms with E-state index in [1.807, 2.05) is 43.3 Å². The highest BCUT2D eigenvalue weighted by Gasteiger charge is 2.18. The first kappa shape index (κ1) is 14.3. The molecule has 0 aromatic heterocycles. The van der Waals surface area contributed by atoms with E-state index in [-0.39, 0.29) is 5.97 Å². The second-order valence-corrected chi connectivity index (χ2v) is 5.11. The summed E-state index contributed by atoms with van der Waals surface area (Å²) < 4.78 is 10.4. The molecule has 4 nitrogen and oxygen atoms in total. The van der Waals surface area contributed by atoms with Crippen molar-refractivity contribution in [3.05, 3.63) is 59.2 Å². The maximum atomic E-state index is 11.7. The van der Waals surface area contributed by atoms with Crippen LogP contribution < -0.4 is 0 Å². The van der Waals surface area contributed by atoms with E-state index in [0.717, 1.165) is 22.3 Å². The fraction of sp³-hybridized carbons (Fsp3) is 0.222. The van der Waals surface area contributed by atoms with Crippen LogP contribution in [0.2, 0.25) is 0 Å². The van der Waals surface area contributed by atoms with Gasteiger partial charge < -0.3 is 9.47 Å². The summed E-state index contributed by atoms with van der Waals surface area (Å²) in [6, 6.07) is 13.4. The van der Waals surface area contributed by atoms with Crippen molar-refractivity contribution < 1.29 is 14.3 Å². The zero-order valence-electron chi connectivity index (χ0n) is 12.6. The Balaban J connectivity index is 2.13. The molecule has 1 aliphatic heterocycles. The molecule has 0 aliphatic carbocycles. The van der Waals surface area contributed by atoms with E-state index < -0.39 is 0 Å². The highest BCUT2D eigenvalue weighted by atomic mass is 16.5. The van der Waals surface area contributed by atoms with Crippen molar-refractivity contribution in [3.63, 3.8) is 0 Å². The Hall–Kier alpha value is -2.62. The number of carbonyl (C=O) groups excluding carboxylic acids is 1. The van der Waals surface area contributed by atoms with E-state index in [1.54, 1.807) is 6.07 Å². The van der Waals surface area contributed by atoms with Crippen LogP contribution in [0.1, 0.15) is 21.5 Å². The van der Waals surface area contributed by atoms with Crippen LogP contribution in [0.3, 0.4) is 0 Å². The fourth-order valence-electron chi connectivity index (χ4n) is 2.61. The van der Waals surface area contributed by atoms with E-state index in [9.17, 15) is 4.79 Å². The predicted octanol–water partition coefficient (Wildman–Crippen LogP) is 3.23. The number of carbonyl (C=O) groups is 1. The third-order valence-corrected chi connectivity index (χ3v) is 3.67. The van der Waals surface area contributed by atoms with Gasteiger partial charge in [-0.2, -0.15) is 0 Å². The molecule has 0 saturated heterocycles. The maximum Gasteiger partial charge on any atom is 0.337 e. The number of aliphatic imine (C=N–C) groups is 1. The van der Waals surface area contributed by atoms with Crippen molar-refractivity contribution in [2.75, 3.05) is 20.3 Å². The quantitative estimate of drug-likeness (QED) is 0.817. The molecule has 3 rings (SSSR count). The average Bonchev–Trinajstić information content (AvgIpc) is 3.08. The summed E-state index contributed by atoms with van der Waals surface area (Å²) in [6.45, 7) is 3.34. The van der Waals surface area contributed by atoms with E-state index in [4.69, 9.17) is 9.47 Å². The zero-order valence-corrected chi connectivity index (χ0v) is 12.6. The van der Waals surface area contributed by atoms with Gasteiger partial charge in [-0.05, 0) is 35.7 Å². The highest BCUT2D eigenvalue weighted by Crippen LogP contribution is 2.29. The largest absolute Gasteiger partial charge is 0.475 e. The summed E-state index contributed by atoms with van der Waals surface area (Å²) in [5.74, 6) is 0.335. The summed E-state index contributed by atoms with van der Waals surface area (Å²) in [4.78, 5) is 16.2. The molecule has 1 aliphatic rings. The Labute approximate surface area is 129 Å². The third-order valence-electron chi connectivity index (χ3n) is 3.67. The number of esters is 1. The van der Waals surface area contributed by atoms with Crippen LogP contribution in [0.25, 0.3) is 11.1 Å². The molecule has 0 N–H and O–H groups in total. The minimum absolute atomic E-state index is 0.342. The number of nitrogens with zero attached hydrogens (tertiary/aromatic N) is 1. The lowest BCUT2D eigenvalue weighted by Gasteiger charge is -2.13. The summed E-state index contributed by atoms with van der Waals surface area (Å²) in [6.07, 6.45) is 0. The molecule has 4 heteroatoms. The van der Waals surface area contributed by atoms with Crippen LogP contribution in [-0.4, -0.2) is 32.1 Å². The molecule has 0 fully saturated rings. The van der Waals surface area contributed by atoms with Crippen LogP contribution in [0.4, 0.5) is 0 Å². The first-order valence-electron chi connectivity index (χ1n) is 7.16. The molecule has 0 unspecified atom stereocenters. The zero-order chi connectivity index (χ0) is 15.5. The predicted molar refractivity (Wildman–Crippen MR) is 85.3 cm³/mol. The van der Waals surface area contributed by atoms with Crippen LogP contribution >= 0.6 is 0 Å². The van der Waals surface area contributed by atoms with Gasteiger partial charge in [-0.3, -0.25) is 0 Å².